The zero-order chi connectivity index (χ0) is 71.2. The molecular weight excluding hydrogens is 1270 g/mol. The van der Waals surface area contributed by atoms with Gasteiger partial charge < -0.3 is 33.8 Å². The largest absolute Gasteiger partial charge is 0.472 e. The SMILES string of the molecule is CCCCCCCCCCCCCCCCCCCCCC(=O)O[C@H](COC(=O)CCCCCCCCCCCCCCCC)COP(=O)(O)OC[C@@H](O)COP(=O)(O)OC[C@@H](COC(=O)CCCCCCCCCC(C)C)OC(=O)CCCCCCCCCCCCCCCC. The maximum absolute atomic E-state index is 13.1. The molecule has 0 rings (SSSR count). The fourth-order valence-corrected chi connectivity index (χ4v) is 13.6. The molecule has 0 aromatic rings. The third-order valence-electron chi connectivity index (χ3n) is 18.3. The summed E-state index contributed by atoms with van der Waals surface area (Å²) in [5.74, 6) is -1.40. The summed E-state index contributed by atoms with van der Waals surface area (Å²) in [6.07, 6.45) is 61.1. The standard InChI is InChI=1S/C78H152O17P2/c1-6-9-12-15-18-21-24-27-30-31-32-33-34-37-40-43-48-54-59-64-77(82)94-73(67-88-75(80)61-56-51-46-41-38-35-28-25-22-19-16-13-10-7-2)69-92-96(84,85)90-65-72(79)66-91-97(86,87)93-70-74(68-89-76(81)62-57-52-49-44-45-50-55-60-71(4)5)95-78(83)63-58-53-47-42-39-36-29-26-23-20-17-14-11-8-3/h71-74,79H,6-70H2,1-5H3,(H,84,85)(H,86,87)/t72-,73-,74-/m1/s1. The Balaban J connectivity index is 5.23. The summed E-state index contributed by atoms with van der Waals surface area (Å²) >= 11 is 0. The average Bonchev–Trinajstić information content (AvgIpc) is 0.999. The molecule has 3 N–H and O–H groups in total. The van der Waals surface area contributed by atoms with Gasteiger partial charge in [-0.1, -0.05) is 362 Å². The van der Waals surface area contributed by atoms with Crippen LogP contribution in [0.1, 0.15) is 413 Å². The van der Waals surface area contributed by atoms with Crippen LogP contribution in [0, 0.1) is 5.92 Å². The molecule has 0 heterocycles. The molecule has 0 radical (unpaired) electrons. The molecule has 5 atom stereocenters. The highest BCUT2D eigenvalue weighted by Crippen LogP contribution is 2.45. The fourth-order valence-electron chi connectivity index (χ4n) is 12.1. The van der Waals surface area contributed by atoms with Gasteiger partial charge >= 0.3 is 39.5 Å². The molecule has 0 fully saturated rings. The summed E-state index contributed by atoms with van der Waals surface area (Å²) in [6.45, 7) is 7.26. The van der Waals surface area contributed by atoms with Crippen LogP contribution in [0.2, 0.25) is 0 Å². The van der Waals surface area contributed by atoms with E-state index in [1.807, 2.05) is 0 Å². The number of aliphatic hydroxyl groups excluding tert-OH is 1. The Morgan fingerprint density at radius 3 is 0.701 bits per heavy atom. The number of phosphoric ester groups is 2. The molecule has 0 aromatic heterocycles. The van der Waals surface area contributed by atoms with Gasteiger partial charge in [0.1, 0.15) is 19.3 Å². The number of hydrogen-bond donors (Lipinski definition) is 3. The Labute approximate surface area is 594 Å². The van der Waals surface area contributed by atoms with E-state index in [2.05, 4.69) is 34.6 Å². The van der Waals surface area contributed by atoms with E-state index in [-0.39, 0.29) is 25.7 Å². The highest BCUT2D eigenvalue weighted by molar-refractivity contribution is 7.47. The minimum absolute atomic E-state index is 0.108. The summed E-state index contributed by atoms with van der Waals surface area (Å²) in [4.78, 5) is 72.9. The van der Waals surface area contributed by atoms with Gasteiger partial charge in [-0.2, -0.15) is 0 Å². The number of hydrogen-bond acceptors (Lipinski definition) is 15. The molecule has 19 heteroatoms. The first-order valence-electron chi connectivity index (χ1n) is 40.6. The molecule has 0 amide bonds. The van der Waals surface area contributed by atoms with Crippen LogP contribution in [0.5, 0.6) is 0 Å². The smallest absolute Gasteiger partial charge is 0.462 e. The molecule has 0 spiro atoms. The summed E-state index contributed by atoms with van der Waals surface area (Å²) in [6, 6.07) is 0. The maximum Gasteiger partial charge on any atom is 0.472 e. The predicted octanol–water partition coefficient (Wildman–Crippen LogP) is 23.3. The van der Waals surface area contributed by atoms with Crippen molar-refractivity contribution in [2.45, 2.75) is 432 Å². The van der Waals surface area contributed by atoms with Crippen LogP contribution in [-0.4, -0.2) is 96.7 Å². The lowest BCUT2D eigenvalue weighted by Gasteiger charge is -2.21. The number of rotatable bonds is 78. The van der Waals surface area contributed by atoms with Crippen molar-refractivity contribution < 1.29 is 80.2 Å². The van der Waals surface area contributed by atoms with E-state index in [0.29, 0.717) is 31.6 Å². The Hall–Kier alpha value is -1.94. The van der Waals surface area contributed by atoms with Crippen molar-refractivity contribution >= 4 is 39.5 Å². The van der Waals surface area contributed by atoms with E-state index >= 15 is 0 Å². The molecule has 97 heavy (non-hydrogen) atoms. The third-order valence-corrected chi connectivity index (χ3v) is 20.2. The number of esters is 4. The van der Waals surface area contributed by atoms with Gasteiger partial charge in [-0.3, -0.25) is 37.3 Å². The highest BCUT2D eigenvalue weighted by Gasteiger charge is 2.30. The minimum Gasteiger partial charge on any atom is -0.462 e. The van der Waals surface area contributed by atoms with Gasteiger partial charge in [0.15, 0.2) is 12.2 Å². The Kier molecular flexibility index (Phi) is 69.6. The minimum atomic E-state index is -4.96. The Morgan fingerprint density at radius 1 is 0.278 bits per heavy atom. The zero-order valence-corrected chi connectivity index (χ0v) is 65.0. The first-order valence-corrected chi connectivity index (χ1v) is 43.6. The van der Waals surface area contributed by atoms with E-state index in [9.17, 15) is 43.2 Å². The van der Waals surface area contributed by atoms with Crippen LogP contribution in [0.15, 0.2) is 0 Å². The predicted molar refractivity (Wildman–Crippen MR) is 395 cm³/mol. The van der Waals surface area contributed by atoms with Crippen LogP contribution < -0.4 is 0 Å². The quantitative estimate of drug-likeness (QED) is 0.0222. The first kappa shape index (κ1) is 95.1. The van der Waals surface area contributed by atoms with Crippen molar-refractivity contribution in [1.82, 2.24) is 0 Å². The molecule has 17 nitrogen and oxygen atoms in total. The van der Waals surface area contributed by atoms with Crippen molar-refractivity contribution in [1.29, 1.82) is 0 Å². The van der Waals surface area contributed by atoms with Gasteiger partial charge in [0.05, 0.1) is 26.4 Å². The topological polar surface area (TPSA) is 237 Å². The number of phosphoric acid groups is 2. The van der Waals surface area contributed by atoms with Gasteiger partial charge in [0.2, 0.25) is 0 Å². The van der Waals surface area contributed by atoms with E-state index in [4.69, 9.17) is 37.0 Å². The summed E-state index contributed by atoms with van der Waals surface area (Å²) in [5.41, 5.74) is 0. The highest BCUT2D eigenvalue weighted by atomic mass is 31.2. The summed E-state index contributed by atoms with van der Waals surface area (Å²) < 4.78 is 68.6. The lowest BCUT2D eigenvalue weighted by Crippen LogP contribution is -2.30. The second-order valence-electron chi connectivity index (χ2n) is 28.6. The van der Waals surface area contributed by atoms with E-state index in [1.165, 1.54) is 231 Å². The average molecular weight is 1420 g/mol. The van der Waals surface area contributed by atoms with Gasteiger partial charge in [-0.15, -0.1) is 0 Å². The molecule has 0 saturated heterocycles. The molecular formula is C78H152O17P2. The van der Waals surface area contributed by atoms with Crippen LogP contribution in [0.3, 0.4) is 0 Å². The molecule has 0 aliphatic heterocycles. The number of ether oxygens (including phenoxy) is 4. The lowest BCUT2D eigenvalue weighted by molar-refractivity contribution is -0.161. The molecule has 2 unspecified atom stereocenters. The monoisotopic (exact) mass is 1420 g/mol. The third kappa shape index (κ3) is 72.2. The maximum atomic E-state index is 13.1. The van der Waals surface area contributed by atoms with Gasteiger partial charge in [-0.25, -0.2) is 9.13 Å². The van der Waals surface area contributed by atoms with Crippen molar-refractivity contribution in [3.05, 3.63) is 0 Å². The summed E-state index contributed by atoms with van der Waals surface area (Å²) in [5, 5.41) is 10.6. The second kappa shape index (κ2) is 71.1. The Morgan fingerprint density at radius 2 is 0.474 bits per heavy atom. The van der Waals surface area contributed by atoms with Crippen LogP contribution in [0.4, 0.5) is 0 Å². The summed E-state index contributed by atoms with van der Waals surface area (Å²) in [7, 11) is -9.91. The zero-order valence-electron chi connectivity index (χ0n) is 63.2. The molecule has 0 aliphatic carbocycles. The van der Waals surface area contributed by atoms with Crippen molar-refractivity contribution in [2.24, 2.45) is 5.92 Å². The molecule has 0 bridgehead atoms. The van der Waals surface area contributed by atoms with Crippen LogP contribution in [0.25, 0.3) is 0 Å². The lowest BCUT2D eigenvalue weighted by atomic mass is 10.0. The van der Waals surface area contributed by atoms with Crippen molar-refractivity contribution in [2.75, 3.05) is 39.6 Å². The van der Waals surface area contributed by atoms with Crippen LogP contribution >= 0.6 is 15.6 Å². The van der Waals surface area contributed by atoms with Crippen molar-refractivity contribution in [3.8, 4) is 0 Å². The van der Waals surface area contributed by atoms with Crippen molar-refractivity contribution in [3.63, 3.8) is 0 Å². The molecule has 0 aliphatic rings. The normalized spacial score (nSPS) is 13.9. The second-order valence-corrected chi connectivity index (χ2v) is 31.5. The Bertz CT molecular complexity index is 1860. The number of aliphatic hydroxyl groups is 1. The van der Waals surface area contributed by atoms with E-state index < -0.39 is 97.5 Å². The van der Waals surface area contributed by atoms with E-state index in [0.717, 1.165) is 96.3 Å². The molecule has 0 saturated carbocycles. The molecule has 576 valence electrons. The first-order chi connectivity index (χ1) is 47.0. The fraction of sp³-hybridized carbons (Fsp3) is 0.949. The van der Waals surface area contributed by atoms with Gasteiger partial charge in [0.25, 0.3) is 0 Å². The number of carbonyl (C=O) groups is 4. The number of unbranched alkanes of at least 4 members (excludes halogenated alkanes) is 50. The van der Waals surface area contributed by atoms with Gasteiger partial charge in [0, 0.05) is 25.7 Å². The number of carbonyl (C=O) groups excluding carboxylic acids is 4. The van der Waals surface area contributed by atoms with Gasteiger partial charge in [-0.05, 0) is 31.6 Å². The van der Waals surface area contributed by atoms with E-state index in [1.54, 1.807) is 0 Å². The van der Waals surface area contributed by atoms with Crippen LogP contribution in [-0.2, 0) is 65.4 Å². The molecule has 0 aromatic carbocycles.